The lowest BCUT2D eigenvalue weighted by atomic mass is 10.0. The van der Waals surface area contributed by atoms with E-state index in [4.69, 9.17) is 14.2 Å². The zero-order valence-electron chi connectivity index (χ0n) is 13.9. The number of ether oxygens (including phenoxy) is 3. The Hall–Kier alpha value is -1.10. The molecule has 4 heteroatoms. The van der Waals surface area contributed by atoms with Gasteiger partial charge < -0.3 is 19.5 Å². The van der Waals surface area contributed by atoms with Crippen molar-refractivity contribution >= 4 is 0 Å². The van der Waals surface area contributed by atoms with Crippen LogP contribution in [0.3, 0.4) is 0 Å². The summed E-state index contributed by atoms with van der Waals surface area (Å²) in [5, 5.41) is 3.47. The normalized spacial score (nSPS) is 12.7. The molecule has 0 spiro atoms. The Bertz CT molecular complexity index is 407. The van der Waals surface area contributed by atoms with Gasteiger partial charge in [0.1, 0.15) is 5.75 Å². The van der Waals surface area contributed by atoms with E-state index in [2.05, 4.69) is 38.2 Å². The van der Waals surface area contributed by atoms with Crippen LogP contribution in [-0.2, 0) is 16.1 Å². The van der Waals surface area contributed by atoms with Gasteiger partial charge in [0, 0.05) is 31.9 Å². The molecule has 1 atom stereocenters. The van der Waals surface area contributed by atoms with Crippen molar-refractivity contribution in [2.75, 3.05) is 34.0 Å². The second kappa shape index (κ2) is 9.77. The van der Waals surface area contributed by atoms with Gasteiger partial charge in [-0.3, -0.25) is 0 Å². The van der Waals surface area contributed by atoms with Crippen LogP contribution in [0.15, 0.2) is 18.2 Å². The van der Waals surface area contributed by atoms with Gasteiger partial charge in [-0.15, -0.1) is 0 Å². The molecule has 0 aliphatic carbocycles. The molecular weight excluding hydrogens is 266 g/mol. The minimum absolute atomic E-state index is 0.272. The molecule has 120 valence electrons. The van der Waals surface area contributed by atoms with Gasteiger partial charge in [-0.05, 0) is 30.5 Å². The summed E-state index contributed by atoms with van der Waals surface area (Å²) in [6, 6.07) is 6.49. The van der Waals surface area contributed by atoms with Gasteiger partial charge >= 0.3 is 0 Å². The Balaban J connectivity index is 2.49. The highest BCUT2D eigenvalue weighted by atomic mass is 16.5. The molecule has 0 aliphatic rings. The standard InChI is InChI=1S/C17H29NO3/c1-13(2)11-21-9-8-18-14(3)15-6-7-17(20-5)16(10-15)12-19-4/h6-7,10,13-14,18H,8-9,11-12H2,1-5H3. The van der Waals surface area contributed by atoms with E-state index in [1.54, 1.807) is 14.2 Å². The summed E-state index contributed by atoms with van der Waals surface area (Å²) in [6.45, 7) is 9.43. The molecule has 0 saturated heterocycles. The smallest absolute Gasteiger partial charge is 0.124 e. The van der Waals surface area contributed by atoms with Crippen LogP contribution in [-0.4, -0.2) is 34.0 Å². The van der Waals surface area contributed by atoms with E-state index in [0.29, 0.717) is 12.5 Å². The molecule has 0 fully saturated rings. The maximum absolute atomic E-state index is 5.58. The summed E-state index contributed by atoms with van der Waals surface area (Å²) in [6.07, 6.45) is 0. The Morgan fingerprint density at radius 3 is 2.52 bits per heavy atom. The second-order valence-electron chi connectivity index (χ2n) is 5.65. The maximum Gasteiger partial charge on any atom is 0.124 e. The van der Waals surface area contributed by atoms with Crippen molar-refractivity contribution in [1.82, 2.24) is 5.32 Å². The highest BCUT2D eigenvalue weighted by molar-refractivity contribution is 5.38. The lowest BCUT2D eigenvalue weighted by molar-refractivity contribution is 0.110. The third-order valence-electron chi connectivity index (χ3n) is 3.25. The monoisotopic (exact) mass is 295 g/mol. The van der Waals surface area contributed by atoms with Gasteiger partial charge in [0.2, 0.25) is 0 Å². The summed E-state index contributed by atoms with van der Waals surface area (Å²) in [4.78, 5) is 0. The van der Waals surface area contributed by atoms with Crippen LogP contribution in [0.25, 0.3) is 0 Å². The average Bonchev–Trinajstić information content (AvgIpc) is 2.46. The molecule has 0 aliphatic heterocycles. The van der Waals surface area contributed by atoms with Crippen LogP contribution in [0.5, 0.6) is 5.75 Å². The Morgan fingerprint density at radius 2 is 1.90 bits per heavy atom. The first-order chi connectivity index (χ1) is 10.1. The SMILES string of the molecule is COCc1cc(C(C)NCCOCC(C)C)ccc1OC. The van der Waals surface area contributed by atoms with Gasteiger partial charge in [0.25, 0.3) is 0 Å². The van der Waals surface area contributed by atoms with Crippen molar-refractivity contribution in [3.63, 3.8) is 0 Å². The van der Waals surface area contributed by atoms with Gasteiger partial charge in [0.05, 0.1) is 20.3 Å². The topological polar surface area (TPSA) is 39.7 Å². The number of nitrogens with one attached hydrogen (secondary N) is 1. The predicted octanol–water partition coefficient (Wildman–Crippen LogP) is 3.16. The van der Waals surface area contributed by atoms with Crippen LogP contribution in [0.2, 0.25) is 0 Å². The van der Waals surface area contributed by atoms with E-state index >= 15 is 0 Å². The molecule has 0 radical (unpaired) electrons. The third-order valence-corrected chi connectivity index (χ3v) is 3.25. The van der Waals surface area contributed by atoms with E-state index in [-0.39, 0.29) is 6.04 Å². The predicted molar refractivity (Wildman–Crippen MR) is 85.8 cm³/mol. The molecule has 1 aromatic rings. The van der Waals surface area contributed by atoms with E-state index in [9.17, 15) is 0 Å². The molecule has 1 N–H and O–H groups in total. The maximum atomic E-state index is 5.58. The van der Waals surface area contributed by atoms with Crippen LogP contribution < -0.4 is 10.1 Å². The largest absolute Gasteiger partial charge is 0.496 e. The first-order valence-corrected chi connectivity index (χ1v) is 7.55. The fraction of sp³-hybridized carbons (Fsp3) is 0.647. The number of hydrogen-bond donors (Lipinski definition) is 1. The van der Waals surface area contributed by atoms with Crippen molar-refractivity contribution in [3.05, 3.63) is 29.3 Å². The number of rotatable bonds is 10. The average molecular weight is 295 g/mol. The number of methoxy groups -OCH3 is 2. The van der Waals surface area contributed by atoms with E-state index in [0.717, 1.165) is 31.1 Å². The Kier molecular flexibility index (Phi) is 8.35. The number of hydrogen-bond acceptors (Lipinski definition) is 4. The molecule has 0 amide bonds. The highest BCUT2D eigenvalue weighted by Crippen LogP contribution is 2.23. The first kappa shape index (κ1) is 18.0. The van der Waals surface area contributed by atoms with Gasteiger partial charge in [0.15, 0.2) is 0 Å². The van der Waals surface area contributed by atoms with Crippen LogP contribution in [0, 0.1) is 5.92 Å². The van der Waals surface area contributed by atoms with Crippen LogP contribution in [0.4, 0.5) is 0 Å². The zero-order valence-corrected chi connectivity index (χ0v) is 13.9. The molecule has 1 aromatic carbocycles. The van der Waals surface area contributed by atoms with Crippen molar-refractivity contribution < 1.29 is 14.2 Å². The fourth-order valence-corrected chi connectivity index (χ4v) is 2.12. The number of benzene rings is 1. The lowest BCUT2D eigenvalue weighted by Crippen LogP contribution is -2.24. The van der Waals surface area contributed by atoms with Gasteiger partial charge in [-0.2, -0.15) is 0 Å². The van der Waals surface area contributed by atoms with E-state index in [1.165, 1.54) is 5.56 Å². The summed E-state index contributed by atoms with van der Waals surface area (Å²) in [5.41, 5.74) is 2.30. The van der Waals surface area contributed by atoms with Crippen molar-refractivity contribution in [2.24, 2.45) is 5.92 Å². The molecule has 0 saturated carbocycles. The molecular formula is C17H29NO3. The third kappa shape index (κ3) is 6.46. The summed E-state index contributed by atoms with van der Waals surface area (Å²) >= 11 is 0. The molecule has 0 aromatic heterocycles. The molecule has 4 nitrogen and oxygen atoms in total. The zero-order chi connectivity index (χ0) is 15.7. The van der Waals surface area contributed by atoms with Gasteiger partial charge in [-0.25, -0.2) is 0 Å². The molecule has 1 rings (SSSR count). The minimum atomic E-state index is 0.272. The summed E-state index contributed by atoms with van der Waals surface area (Å²) < 4.78 is 16.1. The van der Waals surface area contributed by atoms with Crippen molar-refractivity contribution in [3.8, 4) is 5.75 Å². The molecule has 1 unspecified atom stereocenters. The fourth-order valence-electron chi connectivity index (χ4n) is 2.12. The first-order valence-electron chi connectivity index (χ1n) is 7.55. The van der Waals surface area contributed by atoms with Gasteiger partial charge in [-0.1, -0.05) is 19.9 Å². The summed E-state index contributed by atoms with van der Waals surface area (Å²) in [5.74, 6) is 1.45. The second-order valence-corrected chi connectivity index (χ2v) is 5.65. The minimum Gasteiger partial charge on any atom is -0.496 e. The Morgan fingerprint density at radius 1 is 1.14 bits per heavy atom. The van der Waals surface area contributed by atoms with Crippen LogP contribution >= 0.6 is 0 Å². The highest BCUT2D eigenvalue weighted by Gasteiger charge is 2.09. The molecule has 21 heavy (non-hydrogen) atoms. The Labute approximate surface area is 128 Å². The van der Waals surface area contributed by atoms with E-state index in [1.807, 2.05) is 6.07 Å². The lowest BCUT2D eigenvalue weighted by Gasteiger charge is -2.17. The quantitative estimate of drug-likeness (QED) is 0.673. The molecule has 0 bridgehead atoms. The van der Waals surface area contributed by atoms with Crippen LogP contribution in [0.1, 0.15) is 37.9 Å². The molecule has 0 heterocycles. The van der Waals surface area contributed by atoms with Crippen molar-refractivity contribution in [2.45, 2.75) is 33.4 Å². The van der Waals surface area contributed by atoms with E-state index < -0.39 is 0 Å². The van der Waals surface area contributed by atoms with Crippen molar-refractivity contribution in [1.29, 1.82) is 0 Å². The summed E-state index contributed by atoms with van der Waals surface area (Å²) in [7, 11) is 3.38.